The highest BCUT2D eigenvalue weighted by atomic mass is 14.8. The molecule has 4 bridgehead atoms. The van der Waals surface area contributed by atoms with Crippen LogP contribution in [0.4, 0.5) is 0 Å². The van der Waals surface area contributed by atoms with Gasteiger partial charge in [0.1, 0.15) is 0 Å². The smallest absolute Gasteiger partial charge is 0.00391 e. The first-order valence-electron chi connectivity index (χ1n) is 3.91. The van der Waals surface area contributed by atoms with E-state index in [1.165, 1.54) is 12.8 Å². The molecule has 2 unspecified atom stereocenters. The standard InChI is InChI=1S/C9H12/c1-8-3-4-9(2)6(8)5-7(8)9/h5-6H,3-4H2,1-2H3. The third-order valence-electron chi connectivity index (χ3n) is 4.10. The SMILES string of the molecule is CC12CCC3(C)C1=CC23. The van der Waals surface area contributed by atoms with Crippen molar-refractivity contribution in [3.05, 3.63) is 11.6 Å². The quantitative estimate of drug-likeness (QED) is 0.430. The van der Waals surface area contributed by atoms with Crippen LogP contribution >= 0.6 is 0 Å². The normalized spacial score (nSPS) is 66.4. The van der Waals surface area contributed by atoms with Gasteiger partial charge in [-0.15, -0.1) is 0 Å². The summed E-state index contributed by atoms with van der Waals surface area (Å²) >= 11 is 0. The Morgan fingerprint density at radius 2 is 1.78 bits per heavy atom. The summed E-state index contributed by atoms with van der Waals surface area (Å²) in [5, 5.41) is 0. The van der Waals surface area contributed by atoms with Crippen LogP contribution in [0, 0.1) is 16.7 Å². The van der Waals surface area contributed by atoms with Gasteiger partial charge in [-0.25, -0.2) is 0 Å². The first-order valence-corrected chi connectivity index (χ1v) is 3.91. The maximum Gasteiger partial charge on any atom is -0.00391 e. The molecule has 0 aromatic heterocycles. The van der Waals surface area contributed by atoms with E-state index < -0.39 is 0 Å². The van der Waals surface area contributed by atoms with Crippen LogP contribution in [0.15, 0.2) is 11.6 Å². The second kappa shape index (κ2) is 0.817. The van der Waals surface area contributed by atoms with Crippen LogP contribution in [0.25, 0.3) is 0 Å². The van der Waals surface area contributed by atoms with Gasteiger partial charge in [-0.3, -0.25) is 0 Å². The predicted molar refractivity (Wildman–Crippen MR) is 37.0 cm³/mol. The molecule has 2 atom stereocenters. The van der Waals surface area contributed by atoms with Gasteiger partial charge in [-0.2, -0.15) is 0 Å². The Morgan fingerprint density at radius 1 is 1.33 bits per heavy atom. The molecule has 0 N–H and O–H groups in total. The molecule has 0 amide bonds. The van der Waals surface area contributed by atoms with Crippen molar-refractivity contribution in [3.63, 3.8) is 0 Å². The Balaban J connectivity index is 2.23. The maximum absolute atomic E-state index is 2.48. The van der Waals surface area contributed by atoms with E-state index in [0.29, 0.717) is 0 Å². The molecule has 5 aliphatic rings. The van der Waals surface area contributed by atoms with E-state index >= 15 is 0 Å². The summed E-state index contributed by atoms with van der Waals surface area (Å²) < 4.78 is 0. The highest BCUT2D eigenvalue weighted by molar-refractivity contribution is 5.53. The topological polar surface area (TPSA) is 0 Å². The molecule has 9 heavy (non-hydrogen) atoms. The Labute approximate surface area is 56.0 Å². The van der Waals surface area contributed by atoms with Crippen LogP contribution in [0.5, 0.6) is 0 Å². The third kappa shape index (κ3) is 0.211. The molecule has 0 aliphatic heterocycles. The minimum absolute atomic E-state index is 0.717. The van der Waals surface area contributed by atoms with E-state index in [2.05, 4.69) is 19.9 Å². The van der Waals surface area contributed by atoms with Crippen LogP contribution in [-0.4, -0.2) is 0 Å². The average molecular weight is 120 g/mol. The lowest BCUT2D eigenvalue weighted by Crippen LogP contribution is -2.56. The van der Waals surface area contributed by atoms with Crippen molar-refractivity contribution in [1.29, 1.82) is 0 Å². The maximum atomic E-state index is 2.48. The van der Waals surface area contributed by atoms with Crippen molar-refractivity contribution in [1.82, 2.24) is 0 Å². The highest BCUT2D eigenvalue weighted by Crippen LogP contribution is 2.81. The summed E-state index contributed by atoms with van der Waals surface area (Å²) in [6.45, 7) is 4.86. The Kier molecular flexibility index (Phi) is 0.412. The van der Waals surface area contributed by atoms with Crippen molar-refractivity contribution in [2.24, 2.45) is 16.7 Å². The zero-order valence-corrected chi connectivity index (χ0v) is 6.07. The highest BCUT2D eigenvalue weighted by Gasteiger charge is 2.72. The summed E-state index contributed by atoms with van der Waals surface area (Å²) in [6.07, 6.45) is 5.42. The predicted octanol–water partition coefficient (Wildman–Crippen LogP) is 2.36. The van der Waals surface area contributed by atoms with E-state index in [1.54, 1.807) is 5.57 Å². The lowest BCUT2D eigenvalue weighted by atomic mass is 9.40. The summed E-state index contributed by atoms with van der Waals surface area (Å²) in [7, 11) is 0. The van der Waals surface area contributed by atoms with Gasteiger partial charge in [0.05, 0.1) is 0 Å². The van der Waals surface area contributed by atoms with Crippen molar-refractivity contribution in [2.75, 3.05) is 0 Å². The van der Waals surface area contributed by atoms with Crippen LogP contribution in [-0.2, 0) is 0 Å². The van der Waals surface area contributed by atoms with Crippen molar-refractivity contribution >= 4 is 0 Å². The zero-order chi connectivity index (χ0) is 6.28. The molecule has 0 nitrogen and oxygen atoms in total. The summed E-state index contributed by atoms with van der Waals surface area (Å²) in [5.74, 6) is 0.986. The molecule has 48 valence electrons. The molecular weight excluding hydrogens is 108 g/mol. The molecule has 3 fully saturated rings. The van der Waals surface area contributed by atoms with E-state index in [4.69, 9.17) is 0 Å². The molecule has 0 saturated heterocycles. The van der Waals surface area contributed by atoms with Gasteiger partial charge in [-0.1, -0.05) is 25.5 Å². The Bertz CT molecular complexity index is 206. The van der Waals surface area contributed by atoms with Crippen LogP contribution in [0.1, 0.15) is 26.7 Å². The van der Waals surface area contributed by atoms with Gasteiger partial charge < -0.3 is 0 Å². The van der Waals surface area contributed by atoms with Crippen LogP contribution in [0.2, 0.25) is 0 Å². The lowest BCUT2D eigenvalue weighted by molar-refractivity contribution is 0.0519. The molecule has 0 aromatic carbocycles. The van der Waals surface area contributed by atoms with E-state index in [-0.39, 0.29) is 0 Å². The number of fused-ring (bicyclic) bond motifs is 1. The monoisotopic (exact) mass is 120 g/mol. The molecule has 0 heteroatoms. The molecule has 0 aromatic rings. The van der Waals surface area contributed by atoms with Gasteiger partial charge in [-0.05, 0) is 29.6 Å². The minimum Gasteiger partial charge on any atom is -0.0793 e. The van der Waals surface area contributed by atoms with Gasteiger partial charge in [0.25, 0.3) is 0 Å². The first kappa shape index (κ1) is 4.54. The Hall–Kier alpha value is -0.260. The molecule has 5 rings (SSSR count). The summed E-state index contributed by atoms with van der Waals surface area (Å²) in [6, 6.07) is 0. The summed E-state index contributed by atoms with van der Waals surface area (Å²) in [5.41, 5.74) is 3.23. The van der Waals surface area contributed by atoms with Crippen LogP contribution < -0.4 is 0 Å². The molecule has 5 aliphatic carbocycles. The Morgan fingerprint density at radius 3 is 1.89 bits per heavy atom. The number of allylic oxidation sites excluding steroid dienone is 2. The van der Waals surface area contributed by atoms with Gasteiger partial charge in [0.15, 0.2) is 0 Å². The molecular formula is C9H12. The number of hydrogen-bond donors (Lipinski definition) is 0. The molecule has 0 radical (unpaired) electrons. The lowest BCUT2D eigenvalue weighted by Gasteiger charge is -2.64. The fourth-order valence-corrected chi connectivity index (χ4v) is 3.44. The fraction of sp³-hybridized carbons (Fsp3) is 0.778. The largest absolute Gasteiger partial charge is 0.0793 e. The number of rotatable bonds is 0. The van der Waals surface area contributed by atoms with Gasteiger partial charge in [0.2, 0.25) is 0 Å². The second-order valence-corrected chi connectivity index (χ2v) is 4.39. The van der Waals surface area contributed by atoms with Gasteiger partial charge >= 0.3 is 0 Å². The van der Waals surface area contributed by atoms with Crippen molar-refractivity contribution in [2.45, 2.75) is 26.7 Å². The second-order valence-electron chi connectivity index (χ2n) is 4.39. The minimum atomic E-state index is 0.717. The third-order valence-corrected chi connectivity index (χ3v) is 4.10. The molecule has 0 spiro atoms. The molecule has 3 saturated carbocycles. The number of hydrogen-bond acceptors (Lipinski definition) is 0. The molecule has 0 heterocycles. The van der Waals surface area contributed by atoms with E-state index in [9.17, 15) is 0 Å². The fourth-order valence-electron chi connectivity index (χ4n) is 3.44. The first-order chi connectivity index (χ1) is 4.18. The van der Waals surface area contributed by atoms with Gasteiger partial charge in [0, 0.05) is 0 Å². The van der Waals surface area contributed by atoms with Crippen molar-refractivity contribution in [3.8, 4) is 0 Å². The van der Waals surface area contributed by atoms with Crippen molar-refractivity contribution < 1.29 is 0 Å². The van der Waals surface area contributed by atoms with Crippen LogP contribution in [0.3, 0.4) is 0 Å². The van der Waals surface area contributed by atoms with E-state index in [0.717, 1.165) is 16.7 Å². The zero-order valence-electron chi connectivity index (χ0n) is 6.07. The van der Waals surface area contributed by atoms with E-state index in [1.807, 2.05) is 0 Å². The average Bonchev–Trinajstić information content (AvgIpc) is 1.97. The summed E-state index contributed by atoms with van der Waals surface area (Å²) in [4.78, 5) is 0.